The van der Waals surface area contributed by atoms with E-state index in [-0.39, 0.29) is 18.1 Å². The molecular formula is C23H21Cl2FN2O. The fourth-order valence-electron chi connectivity index (χ4n) is 3.15. The Hall–Kier alpha value is -2.40. The average molecular weight is 431 g/mol. The molecule has 0 aliphatic heterocycles. The normalized spacial score (nSPS) is 10.8. The molecule has 0 fully saturated rings. The van der Waals surface area contributed by atoms with Crippen molar-refractivity contribution in [1.29, 1.82) is 0 Å². The third-order valence-electron chi connectivity index (χ3n) is 4.74. The summed E-state index contributed by atoms with van der Waals surface area (Å²) in [5.74, 6) is 5.51. The monoisotopic (exact) mass is 430 g/mol. The number of hydrogen-bond donors (Lipinski definition) is 1. The molecule has 0 aliphatic rings. The molecule has 3 nitrogen and oxygen atoms in total. The van der Waals surface area contributed by atoms with Gasteiger partial charge in [-0.2, -0.15) is 0 Å². The molecule has 3 aromatic carbocycles. The standard InChI is InChI=1S/C23H21Cl2FN2O/c1-15-3-2-4-19(13-15)28(27)22(29)12-8-17-7-11-21(24)23(25)20(17)14-16-5-9-18(26)10-6-16/h2-7,9-11,13H,8,12,14,27H2,1H3. The Morgan fingerprint density at radius 1 is 1.07 bits per heavy atom. The Morgan fingerprint density at radius 3 is 2.48 bits per heavy atom. The number of aryl methyl sites for hydroxylation is 2. The van der Waals surface area contributed by atoms with Crippen molar-refractivity contribution in [3.05, 3.63) is 98.8 Å². The number of hydrazine groups is 1. The summed E-state index contributed by atoms with van der Waals surface area (Å²) in [6, 6.07) is 17.3. The second-order valence-corrected chi connectivity index (χ2v) is 7.69. The van der Waals surface area contributed by atoms with E-state index in [1.54, 1.807) is 24.3 Å². The van der Waals surface area contributed by atoms with Gasteiger partial charge in [0.15, 0.2) is 0 Å². The topological polar surface area (TPSA) is 46.3 Å². The fourth-order valence-corrected chi connectivity index (χ4v) is 3.58. The highest BCUT2D eigenvalue weighted by molar-refractivity contribution is 6.42. The molecule has 2 N–H and O–H groups in total. The van der Waals surface area contributed by atoms with E-state index < -0.39 is 0 Å². The summed E-state index contributed by atoms with van der Waals surface area (Å²) < 4.78 is 13.2. The molecule has 0 aliphatic carbocycles. The first-order valence-electron chi connectivity index (χ1n) is 9.19. The van der Waals surface area contributed by atoms with Gasteiger partial charge < -0.3 is 0 Å². The van der Waals surface area contributed by atoms with E-state index in [9.17, 15) is 9.18 Å². The minimum atomic E-state index is -0.295. The lowest BCUT2D eigenvalue weighted by atomic mass is 9.96. The zero-order valence-corrected chi connectivity index (χ0v) is 17.5. The molecule has 0 unspecified atom stereocenters. The van der Waals surface area contributed by atoms with Crippen LogP contribution in [0.3, 0.4) is 0 Å². The molecule has 0 heterocycles. The summed E-state index contributed by atoms with van der Waals surface area (Å²) >= 11 is 12.6. The number of nitrogens with two attached hydrogens (primary N) is 1. The van der Waals surface area contributed by atoms with Crippen LogP contribution in [0.15, 0.2) is 60.7 Å². The van der Waals surface area contributed by atoms with Gasteiger partial charge in [-0.15, -0.1) is 0 Å². The lowest BCUT2D eigenvalue weighted by Crippen LogP contribution is -2.37. The lowest BCUT2D eigenvalue weighted by molar-refractivity contribution is -0.118. The van der Waals surface area contributed by atoms with E-state index in [2.05, 4.69) is 0 Å². The minimum absolute atomic E-state index is 0.200. The number of hydrogen-bond acceptors (Lipinski definition) is 2. The third kappa shape index (κ3) is 5.36. The molecule has 3 rings (SSSR count). The number of anilines is 1. The molecule has 0 spiro atoms. The first-order chi connectivity index (χ1) is 13.8. The largest absolute Gasteiger partial charge is 0.273 e. The highest BCUT2D eigenvalue weighted by Crippen LogP contribution is 2.31. The van der Waals surface area contributed by atoms with E-state index in [4.69, 9.17) is 29.0 Å². The molecule has 3 aromatic rings. The van der Waals surface area contributed by atoms with Crippen LogP contribution in [0.1, 0.15) is 28.7 Å². The molecule has 0 radical (unpaired) electrons. The summed E-state index contributed by atoms with van der Waals surface area (Å²) in [5, 5.41) is 2.06. The molecule has 0 saturated heterocycles. The van der Waals surface area contributed by atoms with Crippen molar-refractivity contribution >= 4 is 34.8 Å². The molecular weight excluding hydrogens is 410 g/mol. The van der Waals surface area contributed by atoms with Crippen molar-refractivity contribution in [1.82, 2.24) is 0 Å². The summed E-state index contributed by atoms with van der Waals surface area (Å²) in [5.41, 5.74) is 4.32. The number of benzene rings is 3. The van der Waals surface area contributed by atoms with Gasteiger partial charge in [-0.25, -0.2) is 15.2 Å². The number of nitrogens with zero attached hydrogens (tertiary/aromatic N) is 1. The Balaban J connectivity index is 1.77. The van der Waals surface area contributed by atoms with E-state index in [0.717, 1.165) is 22.3 Å². The molecule has 0 aromatic heterocycles. The highest BCUT2D eigenvalue weighted by Gasteiger charge is 2.16. The maximum absolute atomic E-state index is 13.2. The fraction of sp³-hybridized carbons (Fsp3) is 0.174. The number of carbonyl (C=O) groups is 1. The predicted molar refractivity (Wildman–Crippen MR) is 117 cm³/mol. The van der Waals surface area contributed by atoms with Crippen LogP contribution in [0.2, 0.25) is 10.0 Å². The molecule has 0 saturated carbocycles. The Labute approximate surface area is 179 Å². The SMILES string of the molecule is Cc1cccc(N(N)C(=O)CCc2ccc(Cl)c(Cl)c2Cc2ccc(F)cc2)c1. The Kier molecular flexibility index (Phi) is 6.91. The van der Waals surface area contributed by atoms with Crippen molar-refractivity contribution < 1.29 is 9.18 Å². The van der Waals surface area contributed by atoms with Crippen LogP contribution in [-0.4, -0.2) is 5.91 Å². The second-order valence-electron chi connectivity index (χ2n) is 6.91. The highest BCUT2D eigenvalue weighted by atomic mass is 35.5. The predicted octanol–water partition coefficient (Wildman–Crippen LogP) is 5.87. The van der Waals surface area contributed by atoms with Gasteiger partial charge >= 0.3 is 0 Å². The second kappa shape index (κ2) is 9.40. The van der Waals surface area contributed by atoms with Gasteiger partial charge in [-0.3, -0.25) is 4.79 Å². The van der Waals surface area contributed by atoms with Crippen LogP contribution >= 0.6 is 23.2 Å². The van der Waals surface area contributed by atoms with E-state index in [1.165, 1.54) is 17.1 Å². The van der Waals surface area contributed by atoms with Crippen LogP contribution < -0.4 is 10.9 Å². The average Bonchev–Trinajstić information content (AvgIpc) is 2.71. The summed E-state index contributed by atoms with van der Waals surface area (Å²) in [4.78, 5) is 12.6. The molecule has 1 amide bonds. The lowest BCUT2D eigenvalue weighted by Gasteiger charge is -2.18. The summed E-state index contributed by atoms with van der Waals surface area (Å²) in [6.07, 6.45) is 1.18. The molecule has 29 heavy (non-hydrogen) atoms. The van der Waals surface area contributed by atoms with Gasteiger partial charge in [0.1, 0.15) is 5.82 Å². The van der Waals surface area contributed by atoms with Gasteiger partial charge in [-0.1, -0.05) is 53.5 Å². The van der Waals surface area contributed by atoms with E-state index in [1.807, 2.05) is 31.2 Å². The van der Waals surface area contributed by atoms with Crippen LogP contribution in [0.5, 0.6) is 0 Å². The zero-order chi connectivity index (χ0) is 21.0. The van der Waals surface area contributed by atoms with Gasteiger partial charge in [0.25, 0.3) is 0 Å². The molecule has 0 atom stereocenters. The van der Waals surface area contributed by atoms with Crippen molar-refractivity contribution in [3.8, 4) is 0 Å². The van der Waals surface area contributed by atoms with Crippen molar-refractivity contribution in [2.75, 3.05) is 5.01 Å². The van der Waals surface area contributed by atoms with Crippen LogP contribution in [0.25, 0.3) is 0 Å². The number of halogens is 3. The summed E-state index contributed by atoms with van der Waals surface area (Å²) in [6.45, 7) is 1.94. The van der Waals surface area contributed by atoms with Gasteiger partial charge in [0, 0.05) is 6.42 Å². The van der Waals surface area contributed by atoms with Gasteiger partial charge in [-0.05, 0) is 72.4 Å². The van der Waals surface area contributed by atoms with Crippen LogP contribution in [0, 0.1) is 12.7 Å². The Bertz CT molecular complexity index is 1020. The van der Waals surface area contributed by atoms with E-state index in [0.29, 0.717) is 28.6 Å². The molecule has 6 heteroatoms. The van der Waals surface area contributed by atoms with Crippen molar-refractivity contribution in [2.24, 2.45) is 5.84 Å². The van der Waals surface area contributed by atoms with Gasteiger partial charge in [0.05, 0.1) is 15.7 Å². The van der Waals surface area contributed by atoms with E-state index >= 15 is 0 Å². The number of rotatable bonds is 6. The minimum Gasteiger partial charge on any atom is -0.273 e. The van der Waals surface area contributed by atoms with Gasteiger partial charge in [0.2, 0.25) is 5.91 Å². The van der Waals surface area contributed by atoms with Crippen molar-refractivity contribution in [3.63, 3.8) is 0 Å². The summed E-state index contributed by atoms with van der Waals surface area (Å²) in [7, 11) is 0. The number of amides is 1. The zero-order valence-electron chi connectivity index (χ0n) is 16.0. The first-order valence-corrected chi connectivity index (χ1v) is 9.95. The first kappa shape index (κ1) is 21.3. The van der Waals surface area contributed by atoms with Crippen LogP contribution in [0.4, 0.5) is 10.1 Å². The van der Waals surface area contributed by atoms with Crippen LogP contribution in [-0.2, 0) is 17.6 Å². The third-order valence-corrected chi connectivity index (χ3v) is 5.59. The maximum Gasteiger partial charge on any atom is 0.241 e. The quantitative estimate of drug-likeness (QED) is 0.301. The Morgan fingerprint density at radius 2 is 1.79 bits per heavy atom. The molecule has 0 bridgehead atoms. The van der Waals surface area contributed by atoms with Crippen molar-refractivity contribution in [2.45, 2.75) is 26.2 Å². The maximum atomic E-state index is 13.2. The molecule has 150 valence electrons. The smallest absolute Gasteiger partial charge is 0.241 e. The number of carbonyl (C=O) groups excluding carboxylic acids is 1.